The summed E-state index contributed by atoms with van der Waals surface area (Å²) in [6.45, 7) is 2.31. The van der Waals surface area contributed by atoms with Gasteiger partial charge in [-0.25, -0.2) is 0 Å². The van der Waals surface area contributed by atoms with Gasteiger partial charge in [0.1, 0.15) is 0 Å². The SMILES string of the molecule is N#Cc1ccccc1CN1CCOCC1CC(=O)O. The van der Waals surface area contributed by atoms with E-state index in [4.69, 9.17) is 15.1 Å². The molecule has 1 fully saturated rings. The molecule has 0 aliphatic carbocycles. The van der Waals surface area contributed by atoms with Gasteiger partial charge in [-0.05, 0) is 11.6 Å². The van der Waals surface area contributed by atoms with Crippen molar-refractivity contribution in [2.45, 2.75) is 19.0 Å². The molecule has 0 radical (unpaired) electrons. The van der Waals surface area contributed by atoms with Crippen molar-refractivity contribution in [2.75, 3.05) is 19.8 Å². The van der Waals surface area contributed by atoms with E-state index in [0.717, 1.165) is 5.56 Å². The Bertz CT molecular complexity index is 496. The van der Waals surface area contributed by atoms with Crippen LogP contribution in [0, 0.1) is 11.3 Å². The van der Waals surface area contributed by atoms with E-state index >= 15 is 0 Å². The Labute approximate surface area is 112 Å². The summed E-state index contributed by atoms with van der Waals surface area (Å²) in [4.78, 5) is 12.9. The van der Waals surface area contributed by atoms with Crippen LogP contribution < -0.4 is 0 Å². The maximum absolute atomic E-state index is 10.9. The summed E-state index contributed by atoms with van der Waals surface area (Å²) >= 11 is 0. The Morgan fingerprint density at radius 2 is 2.32 bits per heavy atom. The van der Waals surface area contributed by atoms with Crippen molar-refractivity contribution in [3.05, 3.63) is 35.4 Å². The summed E-state index contributed by atoms with van der Waals surface area (Å²) < 4.78 is 5.34. The standard InChI is InChI=1S/C14H16N2O3/c15-8-11-3-1-2-4-12(11)9-16-5-6-19-10-13(16)7-14(17)18/h1-4,13H,5-7,9-10H2,(H,17,18). The second kappa shape index (κ2) is 6.32. The van der Waals surface area contributed by atoms with Gasteiger partial charge in [0.2, 0.25) is 0 Å². The van der Waals surface area contributed by atoms with Crippen molar-refractivity contribution >= 4 is 5.97 Å². The lowest BCUT2D eigenvalue weighted by Gasteiger charge is -2.34. The number of nitriles is 1. The number of hydrogen-bond donors (Lipinski definition) is 1. The molecule has 1 aliphatic heterocycles. The highest BCUT2D eigenvalue weighted by molar-refractivity contribution is 5.67. The highest BCUT2D eigenvalue weighted by atomic mass is 16.5. The van der Waals surface area contributed by atoms with Gasteiger partial charge in [0.25, 0.3) is 0 Å². The highest BCUT2D eigenvalue weighted by Crippen LogP contribution is 2.17. The summed E-state index contributed by atoms with van der Waals surface area (Å²) in [6, 6.07) is 9.45. The number of hydrogen-bond acceptors (Lipinski definition) is 4. The monoisotopic (exact) mass is 260 g/mol. The van der Waals surface area contributed by atoms with Crippen molar-refractivity contribution in [1.82, 2.24) is 4.90 Å². The molecule has 1 aliphatic rings. The summed E-state index contributed by atoms with van der Waals surface area (Å²) in [6.07, 6.45) is 0.0642. The van der Waals surface area contributed by atoms with Gasteiger partial charge in [-0.3, -0.25) is 9.69 Å². The van der Waals surface area contributed by atoms with Gasteiger partial charge in [-0.2, -0.15) is 5.26 Å². The van der Waals surface area contributed by atoms with E-state index in [2.05, 4.69) is 11.0 Å². The van der Waals surface area contributed by atoms with Crippen molar-refractivity contribution in [1.29, 1.82) is 5.26 Å². The van der Waals surface area contributed by atoms with Crippen molar-refractivity contribution in [3.8, 4) is 6.07 Å². The Morgan fingerprint density at radius 1 is 1.53 bits per heavy atom. The Morgan fingerprint density at radius 3 is 3.05 bits per heavy atom. The first-order valence-corrected chi connectivity index (χ1v) is 6.22. The lowest BCUT2D eigenvalue weighted by Crippen LogP contribution is -2.46. The second-order valence-electron chi connectivity index (χ2n) is 4.57. The fourth-order valence-electron chi connectivity index (χ4n) is 2.27. The van der Waals surface area contributed by atoms with E-state index in [0.29, 0.717) is 31.9 Å². The molecule has 1 N–H and O–H groups in total. The molecular formula is C14H16N2O3. The molecule has 0 bridgehead atoms. The number of carboxylic acids is 1. The smallest absolute Gasteiger partial charge is 0.305 e. The summed E-state index contributed by atoms with van der Waals surface area (Å²) in [5.74, 6) is -0.825. The number of benzene rings is 1. The van der Waals surface area contributed by atoms with Crippen LogP contribution in [0.4, 0.5) is 0 Å². The molecule has 1 heterocycles. The van der Waals surface area contributed by atoms with E-state index in [1.807, 2.05) is 18.2 Å². The molecule has 1 atom stereocenters. The van der Waals surface area contributed by atoms with Gasteiger partial charge in [0, 0.05) is 19.1 Å². The van der Waals surface area contributed by atoms with Crippen LogP contribution in [0.1, 0.15) is 17.5 Å². The molecule has 0 aromatic heterocycles. The third-order valence-electron chi connectivity index (χ3n) is 3.27. The van der Waals surface area contributed by atoms with Crippen LogP contribution in [0.5, 0.6) is 0 Å². The molecule has 5 heteroatoms. The maximum atomic E-state index is 10.9. The first-order valence-electron chi connectivity index (χ1n) is 6.22. The predicted octanol–water partition coefficient (Wildman–Crippen LogP) is 1.23. The molecule has 2 rings (SSSR count). The topological polar surface area (TPSA) is 73.6 Å². The molecule has 19 heavy (non-hydrogen) atoms. The zero-order chi connectivity index (χ0) is 13.7. The molecule has 1 aromatic rings. The summed E-state index contributed by atoms with van der Waals surface area (Å²) in [5, 5.41) is 18.0. The van der Waals surface area contributed by atoms with Crippen LogP contribution in [0.2, 0.25) is 0 Å². The van der Waals surface area contributed by atoms with Crippen LogP contribution in [-0.4, -0.2) is 41.8 Å². The molecule has 1 saturated heterocycles. The molecule has 0 amide bonds. The number of morpholine rings is 1. The number of carbonyl (C=O) groups is 1. The normalized spacial score (nSPS) is 19.8. The maximum Gasteiger partial charge on any atom is 0.305 e. The molecule has 1 unspecified atom stereocenters. The first kappa shape index (κ1) is 13.5. The lowest BCUT2D eigenvalue weighted by atomic mass is 10.1. The number of nitrogens with zero attached hydrogens (tertiary/aromatic N) is 2. The molecule has 0 spiro atoms. The van der Waals surface area contributed by atoms with E-state index in [1.54, 1.807) is 6.07 Å². The lowest BCUT2D eigenvalue weighted by molar-refractivity contribution is -0.140. The minimum atomic E-state index is -0.825. The fourth-order valence-corrected chi connectivity index (χ4v) is 2.27. The fraction of sp³-hybridized carbons (Fsp3) is 0.429. The first-order chi connectivity index (χ1) is 9.20. The quantitative estimate of drug-likeness (QED) is 0.881. The van der Waals surface area contributed by atoms with Gasteiger partial charge in [0.05, 0.1) is 31.3 Å². The summed E-state index contributed by atoms with van der Waals surface area (Å²) in [5.41, 5.74) is 1.57. The minimum absolute atomic E-state index is 0.0642. The second-order valence-corrected chi connectivity index (χ2v) is 4.57. The number of carboxylic acid groups (broad SMARTS) is 1. The van der Waals surface area contributed by atoms with Crippen LogP contribution in [0.15, 0.2) is 24.3 Å². The molecule has 0 saturated carbocycles. The predicted molar refractivity (Wildman–Crippen MR) is 68.4 cm³/mol. The van der Waals surface area contributed by atoms with Gasteiger partial charge >= 0.3 is 5.97 Å². The van der Waals surface area contributed by atoms with Crippen molar-refractivity contribution < 1.29 is 14.6 Å². The van der Waals surface area contributed by atoms with Gasteiger partial charge in [0.15, 0.2) is 0 Å². The Balaban J connectivity index is 2.11. The average Bonchev–Trinajstić information content (AvgIpc) is 2.41. The summed E-state index contributed by atoms with van der Waals surface area (Å²) in [7, 11) is 0. The number of aliphatic carboxylic acids is 1. The van der Waals surface area contributed by atoms with Crippen molar-refractivity contribution in [3.63, 3.8) is 0 Å². The Hall–Kier alpha value is -1.90. The average molecular weight is 260 g/mol. The van der Waals surface area contributed by atoms with Crippen LogP contribution in [-0.2, 0) is 16.1 Å². The van der Waals surface area contributed by atoms with Crippen LogP contribution in [0.25, 0.3) is 0 Å². The molecule has 1 aromatic carbocycles. The van der Waals surface area contributed by atoms with E-state index in [1.165, 1.54) is 0 Å². The molecule has 5 nitrogen and oxygen atoms in total. The van der Waals surface area contributed by atoms with E-state index in [-0.39, 0.29) is 12.5 Å². The van der Waals surface area contributed by atoms with Gasteiger partial charge in [-0.1, -0.05) is 18.2 Å². The zero-order valence-electron chi connectivity index (χ0n) is 10.6. The van der Waals surface area contributed by atoms with E-state index < -0.39 is 5.97 Å². The molecular weight excluding hydrogens is 244 g/mol. The van der Waals surface area contributed by atoms with E-state index in [9.17, 15) is 4.79 Å². The zero-order valence-corrected chi connectivity index (χ0v) is 10.6. The third kappa shape index (κ3) is 3.53. The van der Waals surface area contributed by atoms with Gasteiger partial charge < -0.3 is 9.84 Å². The third-order valence-corrected chi connectivity index (χ3v) is 3.27. The largest absolute Gasteiger partial charge is 0.481 e. The van der Waals surface area contributed by atoms with Gasteiger partial charge in [-0.15, -0.1) is 0 Å². The Kier molecular flexibility index (Phi) is 4.50. The highest BCUT2D eigenvalue weighted by Gasteiger charge is 2.25. The molecule has 100 valence electrons. The van der Waals surface area contributed by atoms with Crippen molar-refractivity contribution in [2.24, 2.45) is 0 Å². The van der Waals surface area contributed by atoms with Crippen LogP contribution in [0.3, 0.4) is 0 Å². The minimum Gasteiger partial charge on any atom is -0.481 e. The number of rotatable bonds is 4. The number of ether oxygens (including phenoxy) is 1. The van der Waals surface area contributed by atoms with Crippen LogP contribution >= 0.6 is 0 Å².